The van der Waals surface area contributed by atoms with E-state index in [2.05, 4.69) is 13.5 Å². The second-order valence-corrected chi connectivity index (χ2v) is 8.83. The summed E-state index contributed by atoms with van der Waals surface area (Å²) in [5.74, 6) is 0.328. The molecule has 1 rings (SSSR count). The zero-order valence-electron chi connectivity index (χ0n) is 14.9. The van der Waals surface area contributed by atoms with Crippen LogP contribution in [0.4, 0.5) is 0 Å². The topological polar surface area (TPSA) is 34.1 Å². The fraction of sp³-hybridized carbons (Fsp3) is 0.600. The maximum Gasteiger partial charge on any atom is 0.181 e. The number of allylic oxidation sites excluding steroid dienone is 1. The molecule has 3 heteroatoms. The summed E-state index contributed by atoms with van der Waals surface area (Å²) in [5.41, 5.74) is 0. The van der Waals surface area contributed by atoms with E-state index >= 15 is 0 Å². The van der Waals surface area contributed by atoms with E-state index in [-0.39, 0.29) is 11.8 Å². The second kappa shape index (κ2) is 9.92. The Labute approximate surface area is 142 Å². The maximum atomic E-state index is 12.8. The standard InChI is InChI=1S/C20H32O2S/c1-5-7-8-9-11-14-19(6-2)17(3)18(4)23(21,22)20-15-12-10-13-16-20/h6,10,12-13,15-19H,2,5,7-9,11,14H2,1,3-4H3. The van der Waals surface area contributed by atoms with Crippen molar-refractivity contribution >= 4 is 9.84 Å². The molecule has 3 atom stereocenters. The van der Waals surface area contributed by atoms with Crippen molar-refractivity contribution in [2.45, 2.75) is 69.4 Å². The summed E-state index contributed by atoms with van der Waals surface area (Å²) in [6.07, 6.45) is 9.15. The van der Waals surface area contributed by atoms with Gasteiger partial charge >= 0.3 is 0 Å². The van der Waals surface area contributed by atoms with Gasteiger partial charge in [-0.1, -0.05) is 70.2 Å². The van der Waals surface area contributed by atoms with Gasteiger partial charge in [-0.05, 0) is 37.3 Å². The molecule has 0 bridgehead atoms. The van der Waals surface area contributed by atoms with Crippen molar-refractivity contribution in [2.75, 3.05) is 0 Å². The molecule has 0 heterocycles. The van der Waals surface area contributed by atoms with Crippen molar-refractivity contribution in [3.8, 4) is 0 Å². The Balaban J connectivity index is 2.69. The predicted octanol–water partition coefficient (Wildman–Crippen LogP) is 5.65. The van der Waals surface area contributed by atoms with Crippen LogP contribution in [-0.4, -0.2) is 13.7 Å². The van der Waals surface area contributed by atoms with Crippen LogP contribution in [0, 0.1) is 11.8 Å². The lowest BCUT2D eigenvalue weighted by Crippen LogP contribution is -2.30. The van der Waals surface area contributed by atoms with Crippen LogP contribution in [0.5, 0.6) is 0 Å². The fourth-order valence-electron chi connectivity index (χ4n) is 3.03. The zero-order valence-corrected chi connectivity index (χ0v) is 15.7. The lowest BCUT2D eigenvalue weighted by molar-refractivity contribution is 0.376. The highest BCUT2D eigenvalue weighted by Crippen LogP contribution is 2.30. The molecule has 0 spiro atoms. The molecule has 2 nitrogen and oxygen atoms in total. The van der Waals surface area contributed by atoms with Crippen molar-refractivity contribution in [3.63, 3.8) is 0 Å². The highest BCUT2D eigenvalue weighted by molar-refractivity contribution is 7.92. The first kappa shape index (κ1) is 20.0. The molecule has 0 saturated carbocycles. The molecule has 0 aliphatic carbocycles. The van der Waals surface area contributed by atoms with Gasteiger partial charge in [0.25, 0.3) is 0 Å². The average molecular weight is 337 g/mol. The van der Waals surface area contributed by atoms with Crippen LogP contribution in [0.25, 0.3) is 0 Å². The molecule has 0 N–H and O–H groups in total. The summed E-state index contributed by atoms with van der Waals surface area (Å²) < 4.78 is 25.5. The quantitative estimate of drug-likeness (QED) is 0.386. The molecule has 0 fully saturated rings. The molecule has 130 valence electrons. The molecular formula is C20H32O2S. The highest BCUT2D eigenvalue weighted by atomic mass is 32.2. The van der Waals surface area contributed by atoms with Gasteiger partial charge in [0.2, 0.25) is 0 Å². The van der Waals surface area contributed by atoms with Gasteiger partial charge in [-0.2, -0.15) is 0 Å². The maximum absolute atomic E-state index is 12.8. The summed E-state index contributed by atoms with van der Waals surface area (Å²) in [6, 6.07) is 8.78. The zero-order chi connectivity index (χ0) is 17.3. The van der Waals surface area contributed by atoms with Gasteiger partial charge in [0.1, 0.15) is 0 Å². The number of hydrogen-bond donors (Lipinski definition) is 0. The Kier molecular flexibility index (Phi) is 8.60. The Hall–Kier alpha value is -1.09. The first-order valence-electron chi connectivity index (χ1n) is 8.86. The van der Waals surface area contributed by atoms with Crippen LogP contribution in [0.1, 0.15) is 59.3 Å². The van der Waals surface area contributed by atoms with Crippen molar-refractivity contribution in [2.24, 2.45) is 11.8 Å². The lowest BCUT2D eigenvalue weighted by atomic mass is 9.87. The van der Waals surface area contributed by atoms with Crippen LogP contribution >= 0.6 is 0 Å². The Morgan fingerprint density at radius 1 is 1.04 bits per heavy atom. The van der Waals surface area contributed by atoms with Gasteiger partial charge in [-0.3, -0.25) is 0 Å². The molecule has 23 heavy (non-hydrogen) atoms. The van der Waals surface area contributed by atoms with Crippen molar-refractivity contribution < 1.29 is 8.42 Å². The SMILES string of the molecule is C=CC(CCCCCCC)C(C)C(C)S(=O)(=O)c1ccccc1. The third kappa shape index (κ3) is 5.80. The van der Waals surface area contributed by atoms with E-state index in [9.17, 15) is 8.42 Å². The Morgan fingerprint density at radius 2 is 1.65 bits per heavy atom. The van der Waals surface area contributed by atoms with E-state index in [1.54, 1.807) is 24.3 Å². The van der Waals surface area contributed by atoms with Crippen molar-refractivity contribution in [1.82, 2.24) is 0 Å². The molecule has 3 unspecified atom stereocenters. The molecule has 0 saturated heterocycles. The van der Waals surface area contributed by atoms with Gasteiger partial charge < -0.3 is 0 Å². The van der Waals surface area contributed by atoms with Crippen LogP contribution in [0.2, 0.25) is 0 Å². The molecule has 0 aliphatic rings. The van der Waals surface area contributed by atoms with Gasteiger partial charge in [0.15, 0.2) is 9.84 Å². The minimum Gasteiger partial charge on any atom is -0.223 e. The number of hydrogen-bond acceptors (Lipinski definition) is 2. The van der Waals surface area contributed by atoms with Crippen LogP contribution in [0.3, 0.4) is 0 Å². The van der Waals surface area contributed by atoms with Gasteiger partial charge in [0, 0.05) is 0 Å². The van der Waals surface area contributed by atoms with Gasteiger partial charge in [-0.25, -0.2) is 8.42 Å². The monoisotopic (exact) mass is 336 g/mol. The van der Waals surface area contributed by atoms with E-state index < -0.39 is 15.1 Å². The number of sulfone groups is 1. The van der Waals surface area contributed by atoms with Crippen LogP contribution in [0.15, 0.2) is 47.9 Å². The Bertz CT molecular complexity index is 548. The second-order valence-electron chi connectivity index (χ2n) is 6.52. The van der Waals surface area contributed by atoms with E-state index in [1.165, 1.54) is 25.7 Å². The fourth-order valence-corrected chi connectivity index (χ4v) is 4.77. The number of benzene rings is 1. The molecule has 0 aromatic heterocycles. The third-order valence-corrected chi connectivity index (χ3v) is 7.26. The van der Waals surface area contributed by atoms with Crippen LogP contribution < -0.4 is 0 Å². The molecule has 0 radical (unpaired) electrons. The summed E-state index contributed by atoms with van der Waals surface area (Å²) in [5, 5.41) is -0.399. The molecule has 0 amide bonds. The van der Waals surface area contributed by atoms with Crippen molar-refractivity contribution in [3.05, 3.63) is 43.0 Å². The molecular weight excluding hydrogens is 304 g/mol. The van der Waals surface area contributed by atoms with Gasteiger partial charge in [0.05, 0.1) is 10.1 Å². The number of unbranched alkanes of at least 4 members (excludes halogenated alkanes) is 4. The van der Waals surface area contributed by atoms with Crippen LogP contribution in [-0.2, 0) is 9.84 Å². The smallest absolute Gasteiger partial charge is 0.181 e. The first-order valence-corrected chi connectivity index (χ1v) is 10.4. The molecule has 1 aromatic rings. The van der Waals surface area contributed by atoms with E-state index in [0.29, 0.717) is 4.90 Å². The van der Waals surface area contributed by atoms with E-state index in [1.807, 2.05) is 26.0 Å². The summed E-state index contributed by atoms with van der Waals surface area (Å²) in [4.78, 5) is 0.421. The summed E-state index contributed by atoms with van der Waals surface area (Å²) in [7, 11) is -3.28. The summed E-state index contributed by atoms with van der Waals surface area (Å²) in [6.45, 7) is 10.0. The molecule has 0 aliphatic heterocycles. The minimum absolute atomic E-state index is 0.0730. The predicted molar refractivity (Wildman–Crippen MR) is 99.3 cm³/mol. The minimum atomic E-state index is -3.28. The largest absolute Gasteiger partial charge is 0.223 e. The number of rotatable bonds is 11. The Morgan fingerprint density at radius 3 is 2.22 bits per heavy atom. The summed E-state index contributed by atoms with van der Waals surface area (Å²) >= 11 is 0. The molecule has 1 aromatic carbocycles. The third-order valence-electron chi connectivity index (χ3n) is 4.92. The van der Waals surface area contributed by atoms with E-state index in [0.717, 1.165) is 12.8 Å². The normalized spacial score (nSPS) is 15.8. The van der Waals surface area contributed by atoms with Gasteiger partial charge in [-0.15, -0.1) is 6.58 Å². The average Bonchev–Trinajstić information content (AvgIpc) is 2.57. The highest BCUT2D eigenvalue weighted by Gasteiger charge is 2.31. The first-order chi connectivity index (χ1) is 10.9. The van der Waals surface area contributed by atoms with Crippen molar-refractivity contribution in [1.29, 1.82) is 0 Å². The lowest BCUT2D eigenvalue weighted by Gasteiger charge is -2.26. The van der Waals surface area contributed by atoms with E-state index in [4.69, 9.17) is 0 Å².